The summed E-state index contributed by atoms with van der Waals surface area (Å²) in [6.07, 6.45) is 3.35. The molecule has 2 aromatic rings. The molecule has 21 heavy (non-hydrogen) atoms. The third kappa shape index (κ3) is 5.14. The molecule has 1 nitrogen and oxygen atoms in total. The number of unbranched alkanes of at least 4 members (excludes halogenated alkanes) is 1. The SMILES string of the molecule is CCCCC(NCc1ccc(Cl)cc1)c1ccc(F)cc1. The van der Waals surface area contributed by atoms with Crippen LogP contribution in [0.2, 0.25) is 5.02 Å². The minimum absolute atomic E-state index is 0.189. The van der Waals surface area contributed by atoms with Crippen LogP contribution >= 0.6 is 11.6 Å². The number of hydrogen-bond acceptors (Lipinski definition) is 1. The average molecular weight is 306 g/mol. The summed E-state index contributed by atoms with van der Waals surface area (Å²) >= 11 is 5.90. The average Bonchev–Trinajstić information content (AvgIpc) is 2.50. The Morgan fingerprint density at radius 3 is 2.33 bits per heavy atom. The van der Waals surface area contributed by atoms with Gasteiger partial charge in [-0.2, -0.15) is 0 Å². The summed E-state index contributed by atoms with van der Waals surface area (Å²) in [5.74, 6) is -0.189. The number of rotatable bonds is 7. The van der Waals surface area contributed by atoms with Crippen molar-refractivity contribution in [1.29, 1.82) is 0 Å². The second kappa shape index (κ2) is 8.16. The highest BCUT2D eigenvalue weighted by molar-refractivity contribution is 6.30. The van der Waals surface area contributed by atoms with E-state index < -0.39 is 0 Å². The Morgan fingerprint density at radius 2 is 1.71 bits per heavy atom. The maximum atomic E-state index is 13.1. The quantitative estimate of drug-likeness (QED) is 0.712. The van der Waals surface area contributed by atoms with E-state index >= 15 is 0 Å². The van der Waals surface area contributed by atoms with Crippen molar-refractivity contribution in [3.8, 4) is 0 Å². The molecule has 0 aromatic heterocycles. The maximum absolute atomic E-state index is 13.1. The molecule has 0 aliphatic rings. The smallest absolute Gasteiger partial charge is 0.123 e. The molecule has 0 fully saturated rings. The van der Waals surface area contributed by atoms with Gasteiger partial charge in [-0.1, -0.05) is 55.6 Å². The lowest BCUT2D eigenvalue weighted by Crippen LogP contribution is -2.21. The summed E-state index contributed by atoms with van der Waals surface area (Å²) in [6, 6.07) is 14.9. The van der Waals surface area contributed by atoms with Crippen molar-refractivity contribution in [3.05, 3.63) is 70.5 Å². The minimum atomic E-state index is -0.189. The molecule has 1 atom stereocenters. The number of benzene rings is 2. The van der Waals surface area contributed by atoms with E-state index in [0.29, 0.717) is 0 Å². The Kier molecular flexibility index (Phi) is 6.21. The van der Waals surface area contributed by atoms with Crippen molar-refractivity contribution < 1.29 is 4.39 Å². The van der Waals surface area contributed by atoms with Gasteiger partial charge < -0.3 is 5.32 Å². The van der Waals surface area contributed by atoms with Crippen molar-refractivity contribution in [2.45, 2.75) is 38.8 Å². The van der Waals surface area contributed by atoms with Gasteiger partial charge in [0, 0.05) is 17.6 Å². The van der Waals surface area contributed by atoms with E-state index in [4.69, 9.17) is 11.6 Å². The highest BCUT2D eigenvalue weighted by Crippen LogP contribution is 2.21. The Hall–Kier alpha value is -1.38. The molecule has 2 aromatic carbocycles. The third-order valence-electron chi connectivity index (χ3n) is 3.58. The summed E-state index contributed by atoms with van der Waals surface area (Å²) < 4.78 is 13.1. The van der Waals surface area contributed by atoms with Crippen LogP contribution in [0.5, 0.6) is 0 Å². The van der Waals surface area contributed by atoms with E-state index in [9.17, 15) is 4.39 Å². The maximum Gasteiger partial charge on any atom is 0.123 e. The zero-order chi connectivity index (χ0) is 15.1. The van der Waals surface area contributed by atoms with Crippen molar-refractivity contribution in [1.82, 2.24) is 5.32 Å². The van der Waals surface area contributed by atoms with Gasteiger partial charge in [-0.25, -0.2) is 4.39 Å². The lowest BCUT2D eigenvalue weighted by Gasteiger charge is -2.19. The Bertz CT molecular complexity index is 536. The van der Waals surface area contributed by atoms with Crippen LogP contribution < -0.4 is 5.32 Å². The van der Waals surface area contributed by atoms with Gasteiger partial charge in [-0.15, -0.1) is 0 Å². The standard InChI is InChI=1S/C18H21ClFN/c1-2-3-4-18(15-7-11-17(20)12-8-15)21-13-14-5-9-16(19)10-6-14/h5-12,18,21H,2-4,13H2,1H3. The van der Waals surface area contributed by atoms with Gasteiger partial charge in [0.1, 0.15) is 5.82 Å². The molecule has 0 aliphatic heterocycles. The van der Waals surface area contributed by atoms with Gasteiger partial charge in [0.05, 0.1) is 0 Å². The fraction of sp³-hybridized carbons (Fsp3) is 0.333. The van der Waals surface area contributed by atoms with Gasteiger partial charge in [0.25, 0.3) is 0 Å². The number of hydrogen-bond donors (Lipinski definition) is 1. The molecule has 0 saturated carbocycles. The Morgan fingerprint density at radius 1 is 1.05 bits per heavy atom. The van der Waals surface area contributed by atoms with Crippen LogP contribution in [0.25, 0.3) is 0 Å². The van der Waals surface area contributed by atoms with E-state index in [1.807, 2.05) is 36.4 Å². The monoisotopic (exact) mass is 305 g/mol. The normalized spacial score (nSPS) is 12.3. The van der Waals surface area contributed by atoms with E-state index in [2.05, 4.69) is 12.2 Å². The summed E-state index contributed by atoms with van der Waals surface area (Å²) in [6.45, 7) is 2.96. The topological polar surface area (TPSA) is 12.0 Å². The van der Waals surface area contributed by atoms with Crippen LogP contribution in [-0.4, -0.2) is 0 Å². The first kappa shape index (κ1) is 16.0. The zero-order valence-corrected chi connectivity index (χ0v) is 13.0. The first-order valence-electron chi connectivity index (χ1n) is 7.42. The summed E-state index contributed by atoms with van der Waals surface area (Å²) in [5.41, 5.74) is 2.34. The molecule has 0 spiro atoms. The van der Waals surface area contributed by atoms with Gasteiger partial charge in [0.15, 0.2) is 0 Å². The van der Waals surface area contributed by atoms with Crippen LogP contribution in [0, 0.1) is 5.82 Å². The van der Waals surface area contributed by atoms with Crippen molar-refractivity contribution in [3.63, 3.8) is 0 Å². The number of nitrogens with one attached hydrogen (secondary N) is 1. The third-order valence-corrected chi connectivity index (χ3v) is 3.84. The van der Waals surface area contributed by atoms with Crippen LogP contribution in [0.3, 0.4) is 0 Å². The molecule has 0 bridgehead atoms. The summed E-state index contributed by atoms with van der Waals surface area (Å²) in [5, 5.41) is 4.31. The van der Waals surface area contributed by atoms with E-state index in [-0.39, 0.29) is 11.9 Å². The summed E-state index contributed by atoms with van der Waals surface area (Å²) in [4.78, 5) is 0. The molecular weight excluding hydrogens is 285 g/mol. The molecule has 0 amide bonds. The van der Waals surface area contributed by atoms with Gasteiger partial charge in [-0.05, 0) is 41.8 Å². The van der Waals surface area contributed by atoms with Crippen LogP contribution in [0.1, 0.15) is 43.4 Å². The van der Waals surface area contributed by atoms with Crippen LogP contribution in [0.4, 0.5) is 4.39 Å². The molecule has 3 heteroatoms. The molecule has 1 unspecified atom stereocenters. The fourth-order valence-corrected chi connectivity index (χ4v) is 2.46. The van der Waals surface area contributed by atoms with Crippen molar-refractivity contribution in [2.24, 2.45) is 0 Å². The first-order valence-corrected chi connectivity index (χ1v) is 7.80. The second-order valence-electron chi connectivity index (χ2n) is 5.25. The van der Waals surface area contributed by atoms with Crippen LogP contribution in [0.15, 0.2) is 48.5 Å². The molecule has 2 rings (SSSR count). The number of halogens is 2. The first-order chi connectivity index (χ1) is 10.2. The molecule has 1 N–H and O–H groups in total. The lowest BCUT2D eigenvalue weighted by atomic mass is 10.0. The molecule has 0 saturated heterocycles. The predicted octanol–water partition coefficient (Wildman–Crippen LogP) is 5.50. The van der Waals surface area contributed by atoms with Crippen molar-refractivity contribution >= 4 is 11.6 Å². The van der Waals surface area contributed by atoms with E-state index in [1.165, 1.54) is 17.7 Å². The van der Waals surface area contributed by atoms with Gasteiger partial charge in [0.2, 0.25) is 0 Å². The Labute approximate surface area is 131 Å². The van der Waals surface area contributed by atoms with E-state index in [1.54, 1.807) is 0 Å². The van der Waals surface area contributed by atoms with Crippen molar-refractivity contribution in [2.75, 3.05) is 0 Å². The van der Waals surface area contributed by atoms with Gasteiger partial charge in [-0.3, -0.25) is 0 Å². The largest absolute Gasteiger partial charge is 0.306 e. The van der Waals surface area contributed by atoms with Gasteiger partial charge >= 0.3 is 0 Å². The highest BCUT2D eigenvalue weighted by Gasteiger charge is 2.10. The second-order valence-corrected chi connectivity index (χ2v) is 5.69. The zero-order valence-electron chi connectivity index (χ0n) is 12.3. The molecule has 0 heterocycles. The van der Waals surface area contributed by atoms with Crippen LogP contribution in [-0.2, 0) is 6.54 Å². The minimum Gasteiger partial charge on any atom is -0.306 e. The molecule has 0 aliphatic carbocycles. The van der Waals surface area contributed by atoms with E-state index in [0.717, 1.165) is 36.4 Å². The molecule has 112 valence electrons. The molecule has 0 radical (unpaired) electrons. The predicted molar refractivity (Wildman–Crippen MR) is 87.0 cm³/mol. The molecular formula is C18H21ClFN. The lowest BCUT2D eigenvalue weighted by molar-refractivity contribution is 0.479. The fourth-order valence-electron chi connectivity index (χ4n) is 2.33. The highest BCUT2D eigenvalue weighted by atomic mass is 35.5. The summed E-state index contributed by atoms with van der Waals surface area (Å²) in [7, 11) is 0. The Balaban J connectivity index is 2.02.